The summed E-state index contributed by atoms with van der Waals surface area (Å²) in [6.45, 7) is 13.3. The maximum Gasteiger partial charge on any atom is 0.227 e. The van der Waals surface area contributed by atoms with Crippen molar-refractivity contribution in [2.75, 3.05) is 0 Å². The number of aromatic nitrogens is 3. The van der Waals surface area contributed by atoms with Crippen LogP contribution in [0.2, 0.25) is 0 Å². The van der Waals surface area contributed by atoms with Gasteiger partial charge < -0.3 is 4.42 Å². The third-order valence-corrected chi connectivity index (χ3v) is 8.15. The minimum Gasteiger partial charge on any atom is -0.437 e. The molecule has 7 aromatic rings. The summed E-state index contributed by atoms with van der Waals surface area (Å²) in [5, 5.41) is 4.71. The zero-order chi connectivity index (χ0) is 27.7. The van der Waals surface area contributed by atoms with Crippen LogP contribution in [0.25, 0.3) is 61.0 Å². The lowest BCUT2D eigenvalue weighted by atomic mass is 9.87. The first-order chi connectivity index (χ1) is 19.3. The molecule has 0 spiro atoms. The Labute approximate surface area is 234 Å². The molecule has 4 heteroatoms. The second kappa shape index (κ2) is 9.06. The Morgan fingerprint density at radius 2 is 1.52 bits per heavy atom. The van der Waals surface area contributed by atoms with Crippen LogP contribution in [0.4, 0.5) is 0 Å². The highest BCUT2D eigenvalue weighted by Crippen LogP contribution is 2.43. The standard InChI is InChI=1S/C36H33N3O/c1-20(2)28-19-24-11-7-8-12-25(24)31(21(3)4)33(28)39-30-14-10-9-13-29(30)38-35(39)27-17-15-22(5)32-26-18-16-23(6)37-36(26)40-34(27)32/h7-21H,1-6H3. The molecular weight excluding hydrogens is 490 g/mol. The fraction of sp³-hybridized carbons (Fsp3) is 0.222. The number of hydrogen-bond donors (Lipinski definition) is 0. The molecule has 0 aliphatic carbocycles. The molecule has 0 bridgehead atoms. The lowest BCUT2D eigenvalue weighted by molar-refractivity contribution is 0.653. The van der Waals surface area contributed by atoms with Crippen LogP contribution in [0.1, 0.15) is 61.9 Å². The number of nitrogens with zero attached hydrogens (tertiary/aromatic N) is 3. The Morgan fingerprint density at radius 3 is 2.33 bits per heavy atom. The SMILES string of the molecule is Cc1ccc2c(n1)oc1c(-c3nc4ccccc4n3-c3c(C(C)C)cc4ccccc4c3C(C)C)ccc(C)c12. The van der Waals surface area contributed by atoms with E-state index >= 15 is 0 Å². The maximum atomic E-state index is 6.55. The molecule has 0 saturated carbocycles. The lowest BCUT2D eigenvalue weighted by Gasteiger charge is -2.25. The van der Waals surface area contributed by atoms with Crippen molar-refractivity contribution in [3.05, 3.63) is 101 Å². The molecule has 3 aromatic heterocycles. The summed E-state index contributed by atoms with van der Waals surface area (Å²) in [5.74, 6) is 1.52. The summed E-state index contributed by atoms with van der Waals surface area (Å²) in [6.07, 6.45) is 0. The Kier molecular flexibility index (Phi) is 5.57. The van der Waals surface area contributed by atoms with Gasteiger partial charge in [0.25, 0.3) is 0 Å². The molecule has 40 heavy (non-hydrogen) atoms. The van der Waals surface area contributed by atoms with E-state index in [1.165, 1.54) is 33.2 Å². The summed E-state index contributed by atoms with van der Waals surface area (Å²) < 4.78 is 8.94. The fourth-order valence-corrected chi connectivity index (χ4v) is 6.29. The van der Waals surface area contributed by atoms with Crippen LogP contribution in [0, 0.1) is 13.8 Å². The van der Waals surface area contributed by atoms with Gasteiger partial charge in [0.1, 0.15) is 11.4 Å². The van der Waals surface area contributed by atoms with Gasteiger partial charge in [-0.2, -0.15) is 0 Å². The van der Waals surface area contributed by atoms with Gasteiger partial charge in [-0.3, -0.25) is 4.57 Å². The molecule has 7 rings (SSSR count). The minimum atomic E-state index is 0.309. The highest BCUT2D eigenvalue weighted by Gasteiger charge is 2.26. The van der Waals surface area contributed by atoms with Crippen molar-refractivity contribution in [2.24, 2.45) is 0 Å². The predicted octanol–water partition coefficient (Wildman–Crippen LogP) is 10.0. The second-order valence-electron chi connectivity index (χ2n) is 11.6. The van der Waals surface area contributed by atoms with Crippen molar-refractivity contribution in [1.29, 1.82) is 0 Å². The molecule has 3 heterocycles. The molecule has 0 fully saturated rings. The van der Waals surface area contributed by atoms with Gasteiger partial charge in [-0.25, -0.2) is 9.97 Å². The van der Waals surface area contributed by atoms with Crippen LogP contribution in [0.5, 0.6) is 0 Å². The van der Waals surface area contributed by atoms with Crippen LogP contribution in [0.3, 0.4) is 0 Å². The molecule has 0 amide bonds. The largest absolute Gasteiger partial charge is 0.437 e. The Balaban J connectivity index is 1.67. The first-order valence-electron chi connectivity index (χ1n) is 14.2. The smallest absolute Gasteiger partial charge is 0.227 e. The third-order valence-electron chi connectivity index (χ3n) is 8.15. The molecule has 0 radical (unpaired) electrons. The zero-order valence-corrected chi connectivity index (χ0v) is 23.9. The van der Waals surface area contributed by atoms with E-state index in [4.69, 9.17) is 14.4 Å². The third kappa shape index (κ3) is 3.59. The summed E-state index contributed by atoms with van der Waals surface area (Å²) in [7, 11) is 0. The van der Waals surface area contributed by atoms with Crippen LogP contribution >= 0.6 is 0 Å². The van der Waals surface area contributed by atoms with Crippen LogP contribution in [-0.4, -0.2) is 14.5 Å². The van der Waals surface area contributed by atoms with Crippen molar-refractivity contribution in [3.63, 3.8) is 0 Å². The molecule has 0 aliphatic heterocycles. The topological polar surface area (TPSA) is 43.9 Å². The number of benzene rings is 4. The zero-order valence-electron chi connectivity index (χ0n) is 23.9. The van der Waals surface area contributed by atoms with Gasteiger partial charge in [0, 0.05) is 16.5 Å². The van der Waals surface area contributed by atoms with Crippen molar-refractivity contribution in [3.8, 4) is 17.1 Å². The molecule has 0 saturated heterocycles. The molecule has 0 atom stereocenters. The number of fused-ring (bicyclic) bond motifs is 5. The van der Waals surface area contributed by atoms with Crippen LogP contribution in [0.15, 0.2) is 83.3 Å². The first kappa shape index (κ1) is 24.6. The highest BCUT2D eigenvalue weighted by molar-refractivity contribution is 6.10. The van der Waals surface area contributed by atoms with Gasteiger partial charge in [-0.05, 0) is 89.5 Å². The Hall–Kier alpha value is -4.44. The van der Waals surface area contributed by atoms with Crippen molar-refractivity contribution >= 4 is 43.9 Å². The van der Waals surface area contributed by atoms with E-state index in [-0.39, 0.29) is 0 Å². The average Bonchev–Trinajstić information content (AvgIpc) is 3.50. The van der Waals surface area contributed by atoms with Gasteiger partial charge in [-0.1, -0.05) is 70.2 Å². The van der Waals surface area contributed by atoms with E-state index < -0.39 is 0 Å². The summed E-state index contributed by atoms with van der Waals surface area (Å²) >= 11 is 0. The van der Waals surface area contributed by atoms with E-state index in [1.807, 2.05) is 6.92 Å². The highest BCUT2D eigenvalue weighted by atomic mass is 16.3. The van der Waals surface area contributed by atoms with Crippen LogP contribution in [-0.2, 0) is 0 Å². The lowest BCUT2D eigenvalue weighted by Crippen LogP contribution is -2.09. The minimum absolute atomic E-state index is 0.309. The molecule has 198 valence electrons. The van der Waals surface area contributed by atoms with Gasteiger partial charge >= 0.3 is 0 Å². The molecule has 4 nitrogen and oxygen atoms in total. The summed E-state index contributed by atoms with van der Waals surface area (Å²) in [6, 6.07) is 28.1. The van der Waals surface area contributed by atoms with Gasteiger partial charge in [0.05, 0.1) is 22.3 Å². The second-order valence-corrected chi connectivity index (χ2v) is 11.6. The van der Waals surface area contributed by atoms with E-state index in [9.17, 15) is 0 Å². The molecule has 0 N–H and O–H groups in total. The predicted molar refractivity (Wildman–Crippen MR) is 167 cm³/mol. The number of imidazole rings is 1. The number of rotatable bonds is 4. The van der Waals surface area contributed by atoms with Gasteiger partial charge in [-0.15, -0.1) is 0 Å². The molecule has 4 aromatic carbocycles. The van der Waals surface area contributed by atoms with E-state index in [2.05, 4.69) is 118 Å². The van der Waals surface area contributed by atoms with E-state index in [1.54, 1.807) is 0 Å². The molecule has 0 unspecified atom stereocenters. The fourth-order valence-electron chi connectivity index (χ4n) is 6.29. The van der Waals surface area contributed by atoms with Crippen molar-refractivity contribution in [2.45, 2.75) is 53.4 Å². The average molecular weight is 524 g/mol. The normalized spacial score (nSPS) is 12.2. The number of para-hydroxylation sites is 2. The summed E-state index contributed by atoms with van der Waals surface area (Å²) in [5.41, 5.74) is 10.5. The molecular formula is C36H33N3O. The van der Waals surface area contributed by atoms with E-state index in [0.717, 1.165) is 44.5 Å². The number of hydrogen-bond acceptors (Lipinski definition) is 3. The number of pyridine rings is 1. The monoisotopic (exact) mass is 523 g/mol. The first-order valence-corrected chi connectivity index (χ1v) is 14.2. The maximum absolute atomic E-state index is 6.55. The van der Waals surface area contributed by atoms with Gasteiger partial charge in [0.15, 0.2) is 0 Å². The van der Waals surface area contributed by atoms with E-state index in [0.29, 0.717) is 17.5 Å². The van der Waals surface area contributed by atoms with Crippen LogP contribution < -0.4 is 0 Å². The van der Waals surface area contributed by atoms with Crippen molar-refractivity contribution < 1.29 is 4.42 Å². The quantitative estimate of drug-likeness (QED) is 0.230. The number of aryl methyl sites for hydroxylation is 2. The summed E-state index contributed by atoms with van der Waals surface area (Å²) in [4.78, 5) is 10.0. The Bertz CT molecular complexity index is 2090. The van der Waals surface area contributed by atoms with Crippen molar-refractivity contribution in [1.82, 2.24) is 14.5 Å². The van der Waals surface area contributed by atoms with Gasteiger partial charge in [0.2, 0.25) is 5.71 Å². The Morgan fingerprint density at radius 1 is 0.750 bits per heavy atom. The number of furan rings is 1. The molecule has 0 aliphatic rings.